The van der Waals surface area contributed by atoms with Crippen molar-refractivity contribution in [1.29, 1.82) is 0 Å². The van der Waals surface area contributed by atoms with Crippen LogP contribution in [-0.4, -0.2) is 17.7 Å². The fourth-order valence-electron chi connectivity index (χ4n) is 1.36. The summed E-state index contributed by atoms with van der Waals surface area (Å²) in [5.74, 6) is -2.38. The van der Waals surface area contributed by atoms with Gasteiger partial charge in [0, 0.05) is 19.9 Å². The Bertz CT molecular complexity index is 514. The van der Waals surface area contributed by atoms with Gasteiger partial charge in [-0.15, -0.1) is 0 Å². The van der Waals surface area contributed by atoms with Gasteiger partial charge in [-0.25, -0.2) is 9.59 Å². The van der Waals surface area contributed by atoms with Crippen molar-refractivity contribution in [3.8, 4) is 0 Å². The fraction of sp³-hybridized carbons (Fsp3) is 0.273. The zero-order chi connectivity index (χ0) is 13.5. The second-order valence-electron chi connectivity index (χ2n) is 4.01. The largest absolute Gasteiger partial charge is 0.449 e. The van der Waals surface area contributed by atoms with E-state index in [1.54, 1.807) is 6.07 Å². The minimum absolute atomic E-state index is 0.205. The SMILES string of the molecule is CC1(C)OC(=O)C(=Cc2cc(Br)c(Br)o2)C(=O)O1. The topological polar surface area (TPSA) is 65.7 Å². The van der Waals surface area contributed by atoms with Crippen molar-refractivity contribution in [1.82, 2.24) is 0 Å². The van der Waals surface area contributed by atoms with Crippen LogP contribution < -0.4 is 0 Å². The molecule has 1 aliphatic rings. The zero-order valence-corrected chi connectivity index (χ0v) is 12.6. The summed E-state index contributed by atoms with van der Waals surface area (Å²) in [5, 5.41) is 0. The molecule has 2 heterocycles. The number of hydrogen-bond donors (Lipinski definition) is 0. The van der Waals surface area contributed by atoms with Gasteiger partial charge in [0.1, 0.15) is 11.3 Å². The summed E-state index contributed by atoms with van der Waals surface area (Å²) < 4.78 is 16.3. The Morgan fingerprint density at radius 1 is 1.17 bits per heavy atom. The van der Waals surface area contributed by atoms with E-state index in [4.69, 9.17) is 13.9 Å². The molecule has 1 aliphatic heterocycles. The monoisotopic (exact) mass is 378 g/mol. The van der Waals surface area contributed by atoms with E-state index in [1.807, 2.05) is 0 Å². The third-order valence-electron chi connectivity index (χ3n) is 2.07. The lowest BCUT2D eigenvalue weighted by Gasteiger charge is -2.29. The Morgan fingerprint density at radius 2 is 1.72 bits per heavy atom. The summed E-state index contributed by atoms with van der Waals surface area (Å²) in [6, 6.07) is 1.61. The van der Waals surface area contributed by atoms with E-state index < -0.39 is 17.7 Å². The fourth-order valence-corrected chi connectivity index (χ4v) is 1.96. The standard InChI is InChI=1S/C11H8Br2O5/c1-11(2)17-9(14)6(10(15)18-11)3-5-4-7(12)8(13)16-5/h3-4H,1-2H3. The van der Waals surface area contributed by atoms with Gasteiger partial charge in [0.25, 0.3) is 5.79 Å². The lowest BCUT2D eigenvalue weighted by Crippen LogP contribution is -2.41. The van der Waals surface area contributed by atoms with Crippen molar-refractivity contribution in [2.45, 2.75) is 19.6 Å². The number of cyclic esters (lactones) is 2. The maximum Gasteiger partial charge on any atom is 0.348 e. The summed E-state index contributed by atoms with van der Waals surface area (Å²) >= 11 is 6.38. The lowest BCUT2D eigenvalue weighted by molar-refractivity contribution is -0.222. The predicted octanol–water partition coefficient (Wildman–Crippen LogP) is 3.02. The van der Waals surface area contributed by atoms with E-state index in [2.05, 4.69) is 31.9 Å². The molecule has 96 valence electrons. The highest BCUT2D eigenvalue weighted by Gasteiger charge is 2.39. The van der Waals surface area contributed by atoms with E-state index in [-0.39, 0.29) is 5.57 Å². The van der Waals surface area contributed by atoms with E-state index in [0.717, 1.165) is 0 Å². The first-order chi connectivity index (χ1) is 8.28. The molecule has 0 radical (unpaired) electrons. The Kier molecular flexibility index (Phi) is 3.37. The third-order valence-corrected chi connectivity index (χ3v) is 3.78. The summed E-state index contributed by atoms with van der Waals surface area (Å²) in [4.78, 5) is 23.3. The van der Waals surface area contributed by atoms with E-state index in [1.165, 1.54) is 19.9 Å². The number of hydrogen-bond acceptors (Lipinski definition) is 5. The molecule has 0 amide bonds. The highest BCUT2D eigenvalue weighted by Crippen LogP contribution is 2.29. The summed E-state index contributed by atoms with van der Waals surface area (Å²) in [6.07, 6.45) is 1.27. The second-order valence-corrected chi connectivity index (χ2v) is 5.58. The molecule has 0 bridgehead atoms. The third kappa shape index (κ3) is 2.67. The first kappa shape index (κ1) is 13.4. The van der Waals surface area contributed by atoms with Crippen LogP contribution in [0.15, 0.2) is 25.2 Å². The van der Waals surface area contributed by atoms with Crippen molar-refractivity contribution in [3.63, 3.8) is 0 Å². The molecule has 1 aromatic rings. The number of ether oxygens (including phenoxy) is 2. The van der Waals surface area contributed by atoms with Gasteiger partial charge in [0.2, 0.25) is 0 Å². The maximum atomic E-state index is 11.7. The minimum atomic E-state index is -1.24. The van der Waals surface area contributed by atoms with Crippen LogP contribution >= 0.6 is 31.9 Å². The van der Waals surface area contributed by atoms with Gasteiger partial charge in [0.05, 0.1) is 4.47 Å². The van der Waals surface area contributed by atoms with Gasteiger partial charge >= 0.3 is 11.9 Å². The molecule has 0 spiro atoms. The molecule has 0 unspecified atom stereocenters. The van der Waals surface area contributed by atoms with Crippen LogP contribution in [0.5, 0.6) is 0 Å². The number of furan rings is 1. The van der Waals surface area contributed by atoms with Crippen molar-refractivity contribution in [3.05, 3.63) is 26.5 Å². The summed E-state index contributed by atoms with van der Waals surface area (Å²) in [6.45, 7) is 2.97. The molecule has 7 heteroatoms. The van der Waals surface area contributed by atoms with Gasteiger partial charge in [-0.3, -0.25) is 0 Å². The van der Waals surface area contributed by atoms with Crippen molar-refractivity contribution < 1.29 is 23.5 Å². The Balaban J connectivity index is 2.33. The molecular formula is C11H8Br2O5. The molecule has 1 fully saturated rings. The second kappa shape index (κ2) is 4.55. The van der Waals surface area contributed by atoms with E-state index in [0.29, 0.717) is 14.9 Å². The maximum absolute atomic E-state index is 11.7. The van der Waals surface area contributed by atoms with Crippen LogP contribution in [0.2, 0.25) is 0 Å². The molecular weight excluding hydrogens is 372 g/mol. The Hall–Kier alpha value is -1.08. The average molecular weight is 380 g/mol. The van der Waals surface area contributed by atoms with Crippen LogP contribution in [-0.2, 0) is 19.1 Å². The normalized spacial score (nSPS) is 18.3. The molecule has 18 heavy (non-hydrogen) atoms. The lowest BCUT2D eigenvalue weighted by atomic mass is 10.2. The molecule has 2 rings (SSSR count). The van der Waals surface area contributed by atoms with Crippen molar-refractivity contribution in [2.75, 3.05) is 0 Å². The molecule has 5 nitrogen and oxygen atoms in total. The molecule has 0 atom stereocenters. The van der Waals surface area contributed by atoms with Crippen LogP contribution in [0, 0.1) is 0 Å². The van der Waals surface area contributed by atoms with E-state index in [9.17, 15) is 9.59 Å². The highest BCUT2D eigenvalue weighted by molar-refractivity contribution is 9.13. The summed E-state index contributed by atoms with van der Waals surface area (Å²) in [7, 11) is 0. The number of rotatable bonds is 1. The first-order valence-electron chi connectivity index (χ1n) is 4.92. The van der Waals surface area contributed by atoms with Gasteiger partial charge < -0.3 is 13.9 Å². The number of carbonyl (C=O) groups is 2. The van der Waals surface area contributed by atoms with Crippen molar-refractivity contribution in [2.24, 2.45) is 0 Å². The number of esters is 2. The minimum Gasteiger partial charge on any atom is -0.449 e. The number of halogens is 2. The first-order valence-corrected chi connectivity index (χ1v) is 6.50. The quantitative estimate of drug-likeness (QED) is 0.426. The molecule has 1 aromatic heterocycles. The van der Waals surface area contributed by atoms with Gasteiger partial charge in [-0.1, -0.05) is 0 Å². The van der Waals surface area contributed by atoms with Gasteiger partial charge in [-0.05, 0) is 37.9 Å². The Morgan fingerprint density at radius 3 is 2.17 bits per heavy atom. The smallest absolute Gasteiger partial charge is 0.348 e. The molecule has 0 aromatic carbocycles. The van der Waals surface area contributed by atoms with Crippen LogP contribution in [0.1, 0.15) is 19.6 Å². The van der Waals surface area contributed by atoms with Gasteiger partial charge in [0.15, 0.2) is 4.67 Å². The number of carbonyl (C=O) groups excluding carboxylic acids is 2. The molecule has 0 aliphatic carbocycles. The molecule has 0 saturated carbocycles. The highest BCUT2D eigenvalue weighted by atomic mass is 79.9. The van der Waals surface area contributed by atoms with Crippen LogP contribution in [0.25, 0.3) is 6.08 Å². The molecule has 1 saturated heterocycles. The predicted molar refractivity (Wildman–Crippen MR) is 68.3 cm³/mol. The van der Waals surface area contributed by atoms with E-state index >= 15 is 0 Å². The van der Waals surface area contributed by atoms with Gasteiger partial charge in [-0.2, -0.15) is 0 Å². The summed E-state index contributed by atoms with van der Waals surface area (Å²) in [5.41, 5.74) is -0.205. The Labute approximate surface area is 119 Å². The molecule has 0 N–H and O–H groups in total. The van der Waals surface area contributed by atoms with Crippen LogP contribution in [0.4, 0.5) is 0 Å². The average Bonchev–Trinajstić information content (AvgIpc) is 2.51. The van der Waals surface area contributed by atoms with Crippen molar-refractivity contribution >= 4 is 49.9 Å². The zero-order valence-electron chi connectivity index (χ0n) is 9.45. The van der Waals surface area contributed by atoms with Crippen LogP contribution in [0.3, 0.4) is 0 Å².